The lowest BCUT2D eigenvalue weighted by atomic mass is 10.2. The van der Waals surface area contributed by atoms with Crippen LogP contribution in [0.15, 0.2) is 16.5 Å². The highest BCUT2D eigenvalue weighted by Crippen LogP contribution is 2.18. The fourth-order valence-electron chi connectivity index (χ4n) is 0.856. The highest BCUT2D eigenvalue weighted by atomic mass is 16.4. The Morgan fingerprint density at radius 3 is 2.75 bits per heavy atom. The van der Waals surface area contributed by atoms with Crippen molar-refractivity contribution in [2.75, 3.05) is 5.73 Å². The van der Waals surface area contributed by atoms with Gasteiger partial charge in [-0.05, 0) is 6.07 Å². The maximum atomic E-state index is 10.2. The summed E-state index contributed by atoms with van der Waals surface area (Å²) < 4.78 is 4.94. The molecule has 1 aromatic heterocycles. The molecule has 0 fully saturated rings. The van der Waals surface area contributed by atoms with Gasteiger partial charge in [0.15, 0.2) is 5.88 Å². The van der Waals surface area contributed by atoms with Gasteiger partial charge in [0, 0.05) is 6.07 Å². The molecule has 1 heterocycles. The van der Waals surface area contributed by atoms with Gasteiger partial charge >= 0.3 is 5.97 Å². The maximum absolute atomic E-state index is 10.2. The van der Waals surface area contributed by atoms with Crippen LogP contribution in [0.2, 0.25) is 0 Å². The minimum atomic E-state index is -0.961. The second-order valence-electron chi connectivity index (χ2n) is 2.44. The number of carboxylic acid groups (broad SMARTS) is 1. The van der Waals surface area contributed by atoms with Crippen LogP contribution in [0.5, 0.6) is 0 Å². The predicted octanol–water partition coefficient (Wildman–Crippen LogP) is 0.336. The average Bonchev–Trinajstić information content (AvgIpc) is 2.34. The van der Waals surface area contributed by atoms with Crippen molar-refractivity contribution in [1.29, 1.82) is 0 Å². The molecule has 1 rings (SSSR count). The molecule has 5 heteroatoms. The van der Waals surface area contributed by atoms with Crippen molar-refractivity contribution in [3.8, 4) is 0 Å². The quantitative estimate of drug-likeness (QED) is 0.606. The average molecular weight is 170 g/mol. The number of anilines is 1. The molecule has 5 nitrogen and oxygen atoms in total. The molecule has 0 radical (unpaired) electrons. The lowest BCUT2D eigenvalue weighted by Gasteiger charge is -2.03. The van der Waals surface area contributed by atoms with Gasteiger partial charge in [-0.1, -0.05) is 0 Å². The van der Waals surface area contributed by atoms with Gasteiger partial charge < -0.3 is 21.0 Å². The minimum Gasteiger partial charge on any atom is -0.481 e. The fraction of sp³-hybridized carbons (Fsp3) is 0.286. The molecule has 0 aliphatic heterocycles. The summed E-state index contributed by atoms with van der Waals surface area (Å²) in [6.45, 7) is 0. The molecule has 0 amide bonds. The Morgan fingerprint density at radius 1 is 1.67 bits per heavy atom. The van der Waals surface area contributed by atoms with Crippen molar-refractivity contribution in [2.24, 2.45) is 5.73 Å². The van der Waals surface area contributed by atoms with Gasteiger partial charge in [0.05, 0.1) is 12.5 Å². The van der Waals surface area contributed by atoms with E-state index in [1.54, 1.807) is 6.07 Å². The topological polar surface area (TPSA) is 102 Å². The van der Waals surface area contributed by atoms with Gasteiger partial charge in [0.25, 0.3) is 0 Å². The first kappa shape index (κ1) is 8.61. The Kier molecular flexibility index (Phi) is 2.35. The van der Waals surface area contributed by atoms with E-state index in [0.717, 1.165) is 0 Å². The summed E-state index contributed by atoms with van der Waals surface area (Å²) in [6, 6.07) is 2.49. The molecule has 0 aliphatic rings. The smallest absolute Gasteiger partial charge is 0.305 e. The Bertz CT molecular complexity index is 282. The summed E-state index contributed by atoms with van der Waals surface area (Å²) in [6.07, 6.45) is -0.160. The third-order valence-electron chi connectivity index (χ3n) is 1.41. The number of rotatable bonds is 3. The normalized spacial score (nSPS) is 12.8. The van der Waals surface area contributed by atoms with Gasteiger partial charge in [-0.15, -0.1) is 0 Å². The van der Waals surface area contributed by atoms with E-state index >= 15 is 0 Å². The summed E-state index contributed by atoms with van der Waals surface area (Å²) >= 11 is 0. The molecule has 0 bridgehead atoms. The van der Waals surface area contributed by atoms with E-state index in [1.807, 2.05) is 0 Å². The molecule has 0 aromatic carbocycles. The monoisotopic (exact) mass is 170 g/mol. The van der Waals surface area contributed by atoms with E-state index in [1.165, 1.54) is 6.07 Å². The maximum Gasteiger partial charge on any atom is 0.305 e. The van der Waals surface area contributed by atoms with Gasteiger partial charge in [-0.3, -0.25) is 4.79 Å². The van der Waals surface area contributed by atoms with Crippen LogP contribution in [0.25, 0.3) is 0 Å². The lowest BCUT2D eigenvalue weighted by Crippen LogP contribution is -2.14. The number of nitrogens with two attached hydrogens (primary N) is 2. The Morgan fingerprint density at radius 2 is 2.33 bits per heavy atom. The second-order valence-corrected chi connectivity index (χ2v) is 2.44. The molecule has 1 aromatic rings. The van der Waals surface area contributed by atoms with Crippen LogP contribution in [0.1, 0.15) is 18.2 Å². The van der Waals surface area contributed by atoms with Crippen LogP contribution in [0.3, 0.4) is 0 Å². The van der Waals surface area contributed by atoms with E-state index in [4.69, 9.17) is 21.0 Å². The zero-order chi connectivity index (χ0) is 9.14. The van der Waals surface area contributed by atoms with Gasteiger partial charge in [-0.2, -0.15) is 0 Å². The van der Waals surface area contributed by atoms with Gasteiger partial charge in [-0.25, -0.2) is 0 Å². The number of carbonyl (C=O) groups is 1. The Hall–Kier alpha value is -1.49. The third-order valence-corrected chi connectivity index (χ3v) is 1.41. The molecule has 0 saturated heterocycles. The van der Waals surface area contributed by atoms with Gasteiger partial charge in [0.1, 0.15) is 5.76 Å². The standard InChI is InChI=1S/C7H10N2O3/c8-4(3-7(10)11)5-1-2-6(9)12-5/h1-2,4H,3,8-9H2,(H,10,11). The zero-order valence-electron chi connectivity index (χ0n) is 6.36. The first-order valence-corrected chi connectivity index (χ1v) is 3.42. The Balaban J connectivity index is 2.64. The number of nitrogen functional groups attached to an aromatic ring is 1. The molecular weight excluding hydrogens is 160 g/mol. The highest BCUT2D eigenvalue weighted by Gasteiger charge is 2.13. The highest BCUT2D eigenvalue weighted by molar-refractivity contribution is 5.67. The number of carboxylic acids is 1. The van der Waals surface area contributed by atoms with Crippen molar-refractivity contribution >= 4 is 11.9 Å². The number of hydrogen-bond acceptors (Lipinski definition) is 4. The summed E-state index contributed by atoms with van der Waals surface area (Å²) in [4.78, 5) is 10.2. The number of aliphatic carboxylic acids is 1. The molecule has 12 heavy (non-hydrogen) atoms. The number of hydrogen-bond donors (Lipinski definition) is 3. The molecule has 1 atom stereocenters. The van der Waals surface area contributed by atoms with Crippen LogP contribution in [-0.2, 0) is 4.79 Å². The van der Waals surface area contributed by atoms with Crippen molar-refractivity contribution < 1.29 is 14.3 Å². The van der Waals surface area contributed by atoms with Crippen molar-refractivity contribution in [3.63, 3.8) is 0 Å². The van der Waals surface area contributed by atoms with E-state index in [0.29, 0.717) is 5.76 Å². The molecule has 0 saturated carbocycles. The molecule has 1 unspecified atom stereocenters. The molecule has 0 spiro atoms. The van der Waals surface area contributed by atoms with Crippen LogP contribution in [0.4, 0.5) is 5.88 Å². The summed E-state index contributed by atoms with van der Waals surface area (Å²) in [5.41, 5.74) is 10.8. The minimum absolute atomic E-state index is 0.160. The Labute approximate surface area is 69.0 Å². The van der Waals surface area contributed by atoms with E-state index in [9.17, 15) is 4.79 Å². The van der Waals surface area contributed by atoms with Crippen LogP contribution in [0, 0.1) is 0 Å². The molecule has 66 valence electrons. The number of furan rings is 1. The SMILES string of the molecule is Nc1ccc(C(N)CC(=O)O)o1. The van der Waals surface area contributed by atoms with E-state index in [-0.39, 0.29) is 12.3 Å². The summed E-state index contributed by atoms with van der Waals surface area (Å²) in [5.74, 6) is -0.321. The first-order valence-electron chi connectivity index (χ1n) is 3.42. The van der Waals surface area contributed by atoms with Crippen molar-refractivity contribution in [3.05, 3.63) is 17.9 Å². The van der Waals surface area contributed by atoms with Crippen LogP contribution in [-0.4, -0.2) is 11.1 Å². The molecule has 0 aliphatic carbocycles. The first-order chi connectivity index (χ1) is 5.59. The fourth-order valence-corrected chi connectivity index (χ4v) is 0.856. The largest absolute Gasteiger partial charge is 0.481 e. The van der Waals surface area contributed by atoms with Crippen LogP contribution >= 0.6 is 0 Å². The van der Waals surface area contributed by atoms with Crippen LogP contribution < -0.4 is 11.5 Å². The lowest BCUT2D eigenvalue weighted by molar-refractivity contribution is -0.137. The van der Waals surface area contributed by atoms with Crippen molar-refractivity contribution in [1.82, 2.24) is 0 Å². The predicted molar refractivity (Wildman–Crippen MR) is 42.3 cm³/mol. The van der Waals surface area contributed by atoms with Gasteiger partial charge in [0.2, 0.25) is 0 Å². The second kappa shape index (κ2) is 3.27. The van der Waals surface area contributed by atoms with Crippen molar-refractivity contribution in [2.45, 2.75) is 12.5 Å². The third kappa shape index (κ3) is 2.00. The van der Waals surface area contributed by atoms with E-state index < -0.39 is 12.0 Å². The molecular formula is C7H10N2O3. The summed E-state index contributed by atoms with van der Waals surface area (Å²) in [7, 11) is 0. The summed E-state index contributed by atoms with van der Waals surface area (Å²) in [5, 5.41) is 8.40. The van der Waals surface area contributed by atoms with E-state index in [2.05, 4.69) is 0 Å². The molecule has 5 N–H and O–H groups in total. The zero-order valence-corrected chi connectivity index (χ0v) is 6.36.